The van der Waals surface area contributed by atoms with Crippen molar-refractivity contribution >= 4 is 21.7 Å². The molecular formula is C12H9FN2O4S. The molecule has 0 bridgehead atoms. The Hall–Kier alpha value is -2.48. The number of aromatic carboxylic acids is 1. The third-order valence-electron chi connectivity index (χ3n) is 2.44. The number of carboxylic acid groups (broad SMARTS) is 1. The zero-order valence-corrected chi connectivity index (χ0v) is 10.8. The number of carbonyl (C=O) groups excluding carboxylic acids is 1. The van der Waals surface area contributed by atoms with Crippen LogP contribution in [0.25, 0.3) is 0 Å². The van der Waals surface area contributed by atoms with Gasteiger partial charge in [-0.15, -0.1) is 0 Å². The Morgan fingerprint density at radius 1 is 1.20 bits per heavy atom. The summed E-state index contributed by atoms with van der Waals surface area (Å²) >= 11 is 0. The van der Waals surface area contributed by atoms with Gasteiger partial charge in [0, 0.05) is 17.7 Å². The number of hydrogen-bond acceptors (Lipinski definition) is 4. The predicted octanol–water partition coefficient (Wildman–Crippen LogP) is -0.196. The van der Waals surface area contributed by atoms with E-state index < -0.39 is 27.4 Å². The molecule has 0 radical (unpaired) electrons. The first-order chi connectivity index (χ1) is 9.40. The van der Waals surface area contributed by atoms with E-state index in [9.17, 15) is 22.7 Å². The zero-order valence-electron chi connectivity index (χ0n) is 9.96. The van der Waals surface area contributed by atoms with Gasteiger partial charge in [-0.2, -0.15) is 0 Å². The number of sulfonamides is 1. The lowest BCUT2D eigenvalue weighted by molar-refractivity contribution is -0.377. The van der Waals surface area contributed by atoms with Crippen LogP contribution in [0.1, 0.15) is 10.4 Å². The second kappa shape index (κ2) is 5.25. The van der Waals surface area contributed by atoms with Crippen LogP contribution in [0.4, 0.5) is 10.1 Å². The Balaban J connectivity index is 2.40. The highest BCUT2D eigenvalue weighted by molar-refractivity contribution is 7.92. The molecule has 104 valence electrons. The average Bonchev–Trinajstić information content (AvgIpc) is 2.39. The number of H-pyrrole nitrogens is 1. The standard InChI is InChI=1S/C12H9FN2O4S/c13-11-2-1-9(7-10(11)12(16)17)20(18,19)15-8-3-5-14-6-4-8/h1-7H,(H,14,15)(H,16,17). The fourth-order valence-corrected chi connectivity index (χ4v) is 2.58. The second-order valence-corrected chi connectivity index (χ2v) is 5.51. The molecule has 0 spiro atoms. The molecule has 2 N–H and O–H groups in total. The molecule has 20 heavy (non-hydrogen) atoms. The molecule has 2 aromatic rings. The summed E-state index contributed by atoms with van der Waals surface area (Å²) < 4.78 is 39.5. The molecule has 0 saturated heterocycles. The first-order valence-corrected chi connectivity index (χ1v) is 6.88. The molecule has 1 heterocycles. The van der Waals surface area contributed by atoms with E-state index in [0.29, 0.717) is 6.07 Å². The Morgan fingerprint density at radius 3 is 2.45 bits per heavy atom. The Bertz CT molecular complexity index is 747. The van der Waals surface area contributed by atoms with Gasteiger partial charge in [0.1, 0.15) is 5.82 Å². The summed E-state index contributed by atoms with van der Waals surface area (Å²) in [5.41, 5.74) is -0.530. The highest BCUT2D eigenvalue weighted by atomic mass is 32.2. The number of nitrogens with one attached hydrogen (secondary N) is 2. The summed E-state index contributed by atoms with van der Waals surface area (Å²) in [6.07, 6.45) is 3.02. The quantitative estimate of drug-likeness (QED) is 0.844. The van der Waals surface area contributed by atoms with Crippen molar-refractivity contribution in [2.24, 2.45) is 0 Å². The first kappa shape index (κ1) is 13.9. The maximum absolute atomic E-state index is 13.2. The van der Waals surface area contributed by atoms with E-state index >= 15 is 0 Å². The van der Waals surface area contributed by atoms with Crippen molar-refractivity contribution in [3.8, 4) is 0 Å². The van der Waals surface area contributed by atoms with Crippen LogP contribution in [0.2, 0.25) is 0 Å². The van der Waals surface area contributed by atoms with Gasteiger partial charge in [0.15, 0.2) is 12.4 Å². The molecule has 0 unspecified atom stereocenters. The van der Waals surface area contributed by atoms with Crippen LogP contribution in [0, 0.1) is 5.82 Å². The SMILES string of the molecule is O=C([O-])c1cc(S(=O)(=O)Nc2cc[nH+]cc2)ccc1F. The third-order valence-corrected chi connectivity index (χ3v) is 3.82. The highest BCUT2D eigenvalue weighted by Gasteiger charge is 2.17. The van der Waals surface area contributed by atoms with E-state index in [2.05, 4.69) is 9.71 Å². The van der Waals surface area contributed by atoms with E-state index in [1.807, 2.05) is 0 Å². The summed E-state index contributed by atoms with van der Waals surface area (Å²) in [7, 11) is -4.01. The molecule has 0 aliphatic carbocycles. The number of carboxylic acids is 1. The number of pyridine rings is 1. The minimum Gasteiger partial charge on any atom is -0.545 e. The second-order valence-electron chi connectivity index (χ2n) is 3.82. The van der Waals surface area contributed by atoms with E-state index in [4.69, 9.17) is 0 Å². The Labute approximate surface area is 114 Å². The monoisotopic (exact) mass is 296 g/mol. The van der Waals surface area contributed by atoms with Gasteiger partial charge in [-0.25, -0.2) is 17.8 Å². The van der Waals surface area contributed by atoms with Gasteiger partial charge in [-0.05, 0) is 18.2 Å². The van der Waals surface area contributed by atoms with Gasteiger partial charge >= 0.3 is 0 Å². The molecular weight excluding hydrogens is 287 g/mol. The summed E-state index contributed by atoms with van der Waals surface area (Å²) in [6.45, 7) is 0. The lowest BCUT2D eigenvalue weighted by Crippen LogP contribution is -2.24. The number of halogens is 1. The molecule has 0 saturated carbocycles. The Morgan fingerprint density at radius 2 is 1.85 bits per heavy atom. The van der Waals surface area contributed by atoms with Crippen LogP contribution in [-0.4, -0.2) is 14.4 Å². The summed E-state index contributed by atoms with van der Waals surface area (Å²) in [5, 5.41) is 10.7. The van der Waals surface area contributed by atoms with Crippen LogP contribution >= 0.6 is 0 Å². The van der Waals surface area contributed by atoms with Crippen molar-refractivity contribution in [3.05, 3.63) is 54.1 Å². The maximum atomic E-state index is 13.2. The van der Waals surface area contributed by atoms with Gasteiger partial charge in [0.05, 0.1) is 16.6 Å². The number of carbonyl (C=O) groups is 1. The number of hydrogen-bond donors (Lipinski definition) is 1. The fraction of sp³-hybridized carbons (Fsp3) is 0. The van der Waals surface area contributed by atoms with Crippen LogP contribution in [-0.2, 0) is 10.0 Å². The van der Waals surface area contributed by atoms with Crippen molar-refractivity contribution in [2.75, 3.05) is 4.72 Å². The van der Waals surface area contributed by atoms with Crippen molar-refractivity contribution < 1.29 is 27.7 Å². The average molecular weight is 296 g/mol. The van der Waals surface area contributed by atoms with Gasteiger partial charge < -0.3 is 9.90 Å². The van der Waals surface area contributed by atoms with Gasteiger partial charge in [0.25, 0.3) is 10.0 Å². The number of rotatable bonds is 4. The number of aromatic amines is 1. The van der Waals surface area contributed by atoms with Gasteiger partial charge in [-0.3, -0.25) is 4.72 Å². The van der Waals surface area contributed by atoms with Crippen LogP contribution in [0.5, 0.6) is 0 Å². The third kappa shape index (κ3) is 2.91. The fourth-order valence-electron chi connectivity index (χ4n) is 1.50. The molecule has 0 amide bonds. The van der Waals surface area contributed by atoms with Gasteiger partial charge in [-0.1, -0.05) is 0 Å². The van der Waals surface area contributed by atoms with Gasteiger partial charge in [0.2, 0.25) is 0 Å². The minimum atomic E-state index is -4.01. The smallest absolute Gasteiger partial charge is 0.261 e. The molecule has 0 atom stereocenters. The lowest BCUT2D eigenvalue weighted by atomic mass is 10.2. The Kier molecular flexibility index (Phi) is 3.66. The van der Waals surface area contributed by atoms with Crippen LogP contribution < -0.4 is 14.8 Å². The molecule has 0 aliphatic heterocycles. The molecule has 1 aromatic carbocycles. The predicted molar refractivity (Wildman–Crippen MR) is 64.5 cm³/mol. The summed E-state index contributed by atoms with van der Waals surface area (Å²) in [4.78, 5) is 13.0. The normalized spacial score (nSPS) is 11.1. The number of aromatic nitrogens is 1. The van der Waals surface area contributed by atoms with E-state index in [-0.39, 0.29) is 10.6 Å². The molecule has 2 rings (SSSR count). The van der Waals surface area contributed by atoms with E-state index in [1.54, 1.807) is 0 Å². The molecule has 6 nitrogen and oxygen atoms in total. The van der Waals surface area contributed by atoms with E-state index in [0.717, 1.165) is 12.1 Å². The summed E-state index contributed by atoms with van der Waals surface area (Å²) in [6, 6.07) is 5.39. The van der Waals surface area contributed by atoms with Crippen LogP contribution in [0.15, 0.2) is 47.6 Å². The van der Waals surface area contributed by atoms with Crippen molar-refractivity contribution in [1.82, 2.24) is 0 Å². The van der Waals surface area contributed by atoms with Crippen LogP contribution in [0.3, 0.4) is 0 Å². The van der Waals surface area contributed by atoms with Crippen molar-refractivity contribution in [2.45, 2.75) is 4.90 Å². The molecule has 0 fully saturated rings. The van der Waals surface area contributed by atoms with Crippen molar-refractivity contribution in [1.29, 1.82) is 0 Å². The molecule has 0 aliphatic rings. The molecule has 1 aromatic heterocycles. The van der Waals surface area contributed by atoms with E-state index in [1.165, 1.54) is 24.5 Å². The zero-order chi connectivity index (χ0) is 14.8. The minimum absolute atomic E-state index is 0.281. The number of anilines is 1. The topological polar surface area (TPSA) is 100 Å². The van der Waals surface area contributed by atoms with Crippen molar-refractivity contribution in [3.63, 3.8) is 0 Å². The first-order valence-electron chi connectivity index (χ1n) is 5.40. The number of benzene rings is 1. The summed E-state index contributed by atoms with van der Waals surface area (Å²) in [5.74, 6) is -2.84. The largest absolute Gasteiger partial charge is 0.545 e. The lowest BCUT2D eigenvalue weighted by Gasteiger charge is -2.10. The molecule has 8 heteroatoms. The highest BCUT2D eigenvalue weighted by Crippen LogP contribution is 2.18. The maximum Gasteiger partial charge on any atom is 0.261 e.